The number of rotatable bonds is 7. The third kappa shape index (κ3) is 8.46. The van der Waals surface area contributed by atoms with Crippen LogP contribution in [0.5, 0.6) is 0 Å². The molecule has 7 heteroatoms. The second-order valence-electron chi connectivity index (χ2n) is 10.7. The molecule has 192 valence electrons. The smallest absolute Gasteiger partial charge is 0.408 e. The van der Waals surface area contributed by atoms with Crippen molar-refractivity contribution in [1.29, 1.82) is 0 Å². The van der Waals surface area contributed by atoms with Crippen molar-refractivity contribution < 1.29 is 19.1 Å². The van der Waals surface area contributed by atoms with Crippen molar-refractivity contribution in [1.82, 2.24) is 15.5 Å². The molecule has 2 aromatic carbocycles. The fraction of sp³-hybridized carbons (Fsp3) is 0.414. The van der Waals surface area contributed by atoms with Gasteiger partial charge in [-0.25, -0.2) is 4.79 Å². The Morgan fingerprint density at radius 2 is 1.56 bits per heavy atom. The molecule has 0 aromatic heterocycles. The molecule has 2 unspecified atom stereocenters. The summed E-state index contributed by atoms with van der Waals surface area (Å²) >= 11 is 0. The molecule has 0 fully saturated rings. The van der Waals surface area contributed by atoms with Gasteiger partial charge in [0.05, 0.1) is 0 Å². The van der Waals surface area contributed by atoms with Crippen LogP contribution in [0.3, 0.4) is 0 Å². The van der Waals surface area contributed by atoms with Gasteiger partial charge in [-0.15, -0.1) is 6.42 Å². The van der Waals surface area contributed by atoms with Gasteiger partial charge in [-0.3, -0.25) is 9.59 Å². The van der Waals surface area contributed by atoms with Crippen molar-refractivity contribution in [3.05, 3.63) is 71.3 Å². The van der Waals surface area contributed by atoms with Gasteiger partial charge < -0.3 is 20.3 Å². The van der Waals surface area contributed by atoms with E-state index in [0.717, 1.165) is 5.56 Å². The summed E-state index contributed by atoms with van der Waals surface area (Å²) in [6.07, 6.45) is 5.22. The minimum absolute atomic E-state index is 0.216. The van der Waals surface area contributed by atoms with Gasteiger partial charge in [0, 0.05) is 24.6 Å². The Kier molecular flexibility index (Phi) is 9.29. The molecule has 0 saturated heterocycles. The molecule has 0 saturated carbocycles. The first-order valence-electron chi connectivity index (χ1n) is 11.9. The summed E-state index contributed by atoms with van der Waals surface area (Å²) in [4.78, 5) is 41.3. The van der Waals surface area contributed by atoms with E-state index in [1.54, 1.807) is 45.0 Å². The van der Waals surface area contributed by atoms with Gasteiger partial charge >= 0.3 is 6.09 Å². The average Bonchev–Trinajstić information content (AvgIpc) is 2.76. The fourth-order valence-corrected chi connectivity index (χ4v) is 3.70. The Morgan fingerprint density at radius 3 is 2.11 bits per heavy atom. The molecule has 2 rings (SSSR count). The van der Waals surface area contributed by atoms with Crippen LogP contribution in [0.4, 0.5) is 4.79 Å². The first kappa shape index (κ1) is 28.4. The SMILES string of the molecule is C#Cc1ccccc1C(C(=O)NC(C)(C)C)N(C)C(=O)C(Cc1ccccc1)NC(=O)OC(C)(C)C. The molecule has 0 heterocycles. The summed E-state index contributed by atoms with van der Waals surface area (Å²) in [7, 11) is 1.54. The van der Waals surface area contributed by atoms with E-state index in [4.69, 9.17) is 11.2 Å². The minimum atomic E-state index is -1.01. The van der Waals surface area contributed by atoms with E-state index in [1.807, 2.05) is 51.1 Å². The molecule has 3 amide bonds. The third-order valence-electron chi connectivity index (χ3n) is 5.16. The lowest BCUT2D eigenvalue weighted by Crippen LogP contribution is -2.54. The predicted octanol–water partition coefficient (Wildman–Crippen LogP) is 4.22. The van der Waals surface area contributed by atoms with Crippen LogP contribution in [0, 0.1) is 12.3 Å². The van der Waals surface area contributed by atoms with Crippen LogP contribution in [0.2, 0.25) is 0 Å². The number of alkyl carbamates (subject to hydrolysis) is 1. The number of hydrogen-bond acceptors (Lipinski definition) is 4. The van der Waals surface area contributed by atoms with E-state index < -0.39 is 35.2 Å². The Balaban J connectivity index is 2.48. The lowest BCUT2D eigenvalue weighted by molar-refractivity contribution is -0.141. The van der Waals surface area contributed by atoms with E-state index in [9.17, 15) is 14.4 Å². The van der Waals surface area contributed by atoms with Crippen molar-refractivity contribution in [2.45, 2.75) is 71.2 Å². The molecule has 0 aliphatic heterocycles. The largest absolute Gasteiger partial charge is 0.444 e. The standard InChI is InChI=1S/C29H37N3O4/c1-9-21-17-13-14-18-22(21)24(25(33)31-28(2,3)4)32(8)26(34)23(19-20-15-11-10-12-16-20)30-27(35)36-29(5,6)7/h1,10-18,23-24H,19H2,2-8H3,(H,30,35)(H,31,33). The van der Waals surface area contributed by atoms with Crippen molar-refractivity contribution >= 4 is 17.9 Å². The molecule has 0 aliphatic carbocycles. The van der Waals surface area contributed by atoms with Crippen LogP contribution >= 0.6 is 0 Å². The second kappa shape index (κ2) is 11.8. The predicted molar refractivity (Wildman–Crippen MR) is 141 cm³/mol. The molecule has 2 aromatic rings. The van der Waals surface area contributed by atoms with Crippen LogP contribution in [0.25, 0.3) is 0 Å². The number of ether oxygens (including phenoxy) is 1. The van der Waals surface area contributed by atoms with Gasteiger partial charge in [0.25, 0.3) is 0 Å². The minimum Gasteiger partial charge on any atom is -0.444 e. The number of hydrogen-bond donors (Lipinski definition) is 2. The van der Waals surface area contributed by atoms with E-state index in [2.05, 4.69) is 16.6 Å². The fourth-order valence-electron chi connectivity index (χ4n) is 3.70. The summed E-state index contributed by atoms with van der Waals surface area (Å²) in [5.74, 6) is 1.78. The van der Waals surface area contributed by atoms with Gasteiger partial charge in [-0.2, -0.15) is 0 Å². The summed E-state index contributed by atoms with van der Waals surface area (Å²) in [6, 6.07) is 14.4. The molecular formula is C29H37N3O4. The Bertz CT molecular complexity index is 1110. The molecule has 0 bridgehead atoms. The Morgan fingerprint density at radius 1 is 0.972 bits per heavy atom. The molecule has 0 spiro atoms. The number of carbonyl (C=O) groups is 3. The van der Waals surface area contributed by atoms with Crippen LogP contribution in [-0.2, 0) is 20.7 Å². The first-order chi connectivity index (χ1) is 16.7. The van der Waals surface area contributed by atoms with E-state index >= 15 is 0 Å². The van der Waals surface area contributed by atoms with Crippen molar-refractivity contribution in [3.63, 3.8) is 0 Å². The Hall–Kier alpha value is -3.79. The second-order valence-corrected chi connectivity index (χ2v) is 10.7. The highest BCUT2D eigenvalue weighted by molar-refractivity contribution is 5.92. The zero-order valence-electron chi connectivity index (χ0n) is 22.2. The van der Waals surface area contributed by atoms with Gasteiger partial charge in [0.2, 0.25) is 11.8 Å². The lowest BCUT2D eigenvalue weighted by Gasteiger charge is -2.34. The summed E-state index contributed by atoms with van der Waals surface area (Å²) in [5, 5.41) is 5.65. The molecule has 36 heavy (non-hydrogen) atoms. The van der Waals surface area contributed by atoms with Gasteiger partial charge in [0.15, 0.2) is 0 Å². The van der Waals surface area contributed by atoms with Gasteiger partial charge in [-0.1, -0.05) is 54.5 Å². The maximum atomic E-state index is 13.9. The normalized spacial score (nSPS) is 13.1. The van der Waals surface area contributed by atoms with E-state index in [0.29, 0.717) is 11.1 Å². The molecular weight excluding hydrogens is 454 g/mol. The summed E-state index contributed by atoms with van der Waals surface area (Å²) < 4.78 is 5.40. The molecule has 2 N–H and O–H groups in total. The van der Waals surface area contributed by atoms with E-state index in [-0.39, 0.29) is 12.3 Å². The number of likely N-dealkylation sites (N-methyl/N-ethyl adjacent to an activating group) is 1. The summed E-state index contributed by atoms with van der Waals surface area (Å²) in [6.45, 7) is 10.8. The highest BCUT2D eigenvalue weighted by Gasteiger charge is 2.36. The highest BCUT2D eigenvalue weighted by atomic mass is 16.6. The Labute approximate surface area is 214 Å². The first-order valence-corrected chi connectivity index (χ1v) is 11.9. The number of nitrogens with one attached hydrogen (secondary N) is 2. The van der Waals surface area contributed by atoms with Crippen LogP contribution in [-0.4, -0.2) is 47.0 Å². The number of amides is 3. The topological polar surface area (TPSA) is 87.7 Å². The number of nitrogens with zero attached hydrogens (tertiary/aromatic N) is 1. The molecule has 7 nitrogen and oxygen atoms in total. The lowest BCUT2D eigenvalue weighted by atomic mass is 9.96. The molecule has 2 atom stereocenters. The van der Waals surface area contributed by atoms with Gasteiger partial charge in [0.1, 0.15) is 17.7 Å². The van der Waals surface area contributed by atoms with Crippen molar-refractivity contribution in [3.8, 4) is 12.3 Å². The van der Waals surface area contributed by atoms with Crippen molar-refractivity contribution in [2.24, 2.45) is 0 Å². The summed E-state index contributed by atoms with van der Waals surface area (Å²) in [5.41, 5.74) is 0.596. The van der Waals surface area contributed by atoms with Crippen LogP contribution in [0.1, 0.15) is 64.3 Å². The van der Waals surface area contributed by atoms with Gasteiger partial charge in [-0.05, 0) is 58.7 Å². The quantitative estimate of drug-likeness (QED) is 0.568. The molecule has 0 radical (unpaired) electrons. The highest BCUT2D eigenvalue weighted by Crippen LogP contribution is 2.25. The van der Waals surface area contributed by atoms with Crippen LogP contribution in [0.15, 0.2) is 54.6 Å². The number of terminal acetylenes is 1. The van der Waals surface area contributed by atoms with Crippen molar-refractivity contribution in [2.75, 3.05) is 7.05 Å². The maximum Gasteiger partial charge on any atom is 0.408 e. The van der Waals surface area contributed by atoms with Crippen LogP contribution < -0.4 is 10.6 Å². The average molecular weight is 492 g/mol. The zero-order chi connectivity index (χ0) is 27.1. The molecule has 0 aliphatic rings. The monoisotopic (exact) mass is 491 g/mol. The zero-order valence-corrected chi connectivity index (χ0v) is 22.2. The van der Waals surface area contributed by atoms with E-state index in [1.165, 1.54) is 11.9 Å². The maximum absolute atomic E-state index is 13.9. The third-order valence-corrected chi connectivity index (χ3v) is 5.16. The number of benzene rings is 2. The number of carbonyl (C=O) groups excluding carboxylic acids is 3.